The van der Waals surface area contributed by atoms with Crippen molar-refractivity contribution in [3.63, 3.8) is 0 Å². The minimum Gasteiger partial charge on any atom is -0.453 e. The lowest BCUT2D eigenvalue weighted by Gasteiger charge is -2.32. The number of amides is 1. The third kappa shape index (κ3) is 4.68. The fraction of sp³-hybridized carbons (Fsp3) is 0.364. The molecule has 1 fully saturated rings. The molecular weight excluding hydrogens is 473 g/mol. The number of halogens is 2. The third-order valence-electron chi connectivity index (χ3n) is 5.53. The maximum atomic E-state index is 15.2. The molecule has 8 nitrogen and oxygen atoms in total. The van der Waals surface area contributed by atoms with Gasteiger partial charge in [-0.3, -0.25) is 0 Å². The van der Waals surface area contributed by atoms with E-state index in [4.69, 9.17) is 21.1 Å². The van der Waals surface area contributed by atoms with Gasteiger partial charge in [0, 0.05) is 12.8 Å². The molecule has 33 heavy (non-hydrogen) atoms. The average molecular weight is 496 g/mol. The zero-order valence-corrected chi connectivity index (χ0v) is 19.9. The highest BCUT2D eigenvalue weighted by Crippen LogP contribution is 2.35. The first-order chi connectivity index (χ1) is 15.6. The van der Waals surface area contributed by atoms with E-state index in [1.54, 1.807) is 9.47 Å². The van der Waals surface area contributed by atoms with E-state index >= 15 is 4.39 Å². The molecule has 4 rings (SSSR count). The SMILES string of the molecule is COC(=O)N1CCO[C@@H](Cn2c(-c3c(F)cc(S(C)(=O)=O)cc3Cl)nc3cc(C)ccc32)C1. The number of ether oxygens (including phenoxy) is 2. The van der Waals surface area contributed by atoms with Gasteiger partial charge in [0.1, 0.15) is 11.6 Å². The van der Waals surface area contributed by atoms with Gasteiger partial charge in [-0.05, 0) is 36.8 Å². The summed E-state index contributed by atoms with van der Waals surface area (Å²) in [5.41, 5.74) is 2.34. The summed E-state index contributed by atoms with van der Waals surface area (Å²) in [5, 5.41) is -0.0653. The molecule has 0 bridgehead atoms. The second-order valence-corrected chi connectivity index (χ2v) is 10.4. The molecule has 1 atom stereocenters. The van der Waals surface area contributed by atoms with Crippen molar-refractivity contribution in [3.8, 4) is 11.4 Å². The number of carbonyl (C=O) groups excluding carboxylic acids is 1. The highest BCUT2D eigenvalue weighted by Gasteiger charge is 2.28. The van der Waals surface area contributed by atoms with Crippen LogP contribution in [-0.4, -0.2) is 68.1 Å². The summed E-state index contributed by atoms with van der Waals surface area (Å²) < 4.78 is 51.5. The number of carbonyl (C=O) groups is 1. The van der Waals surface area contributed by atoms with Crippen LogP contribution in [0.15, 0.2) is 35.2 Å². The van der Waals surface area contributed by atoms with E-state index in [9.17, 15) is 13.2 Å². The number of sulfone groups is 1. The van der Waals surface area contributed by atoms with Gasteiger partial charge in [0.15, 0.2) is 9.84 Å². The molecule has 0 aliphatic carbocycles. The number of aromatic nitrogens is 2. The van der Waals surface area contributed by atoms with Crippen LogP contribution in [0.25, 0.3) is 22.4 Å². The zero-order valence-electron chi connectivity index (χ0n) is 18.3. The molecule has 0 N–H and O–H groups in total. The van der Waals surface area contributed by atoms with Gasteiger partial charge in [0.2, 0.25) is 0 Å². The lowest BCUT2D eigenvalue weighted by Crippen LogP contribution is -2.47. The summed E-state index contributed by atoms with van der Waals surface area (Å²) in [5.74, 6) is -0.547. The molecule has 0 radical (unpaired) electrons. The Morgan fingerprint density at radius 1 is 1.33 bits per heavy atom. The molecule has 1 aliphatic heterocycles. The van der Waals surface area contributed by atoms with E-state index in [1.807, 2.05) is 25.1 Å². The van der Waals surface area contributed by atoms with Gasteiger partial charge >= 0.3 is 6.09 Å². The van der Waals surface area contributed by atoms with Crippen molar-refractivity contribution in [1.29, 1.82) is 0 Å². The summed E-state index contributed by atoms with van der Waals surface area (Å²) >= 11 is 6.37. The normalized spacial score (nSPS) is 16.9. The van der Waals surface area contributed by atoms with Gasteiger partial charge in [-0.15, -0.1) is 0 Å². The van der Waals surface area contributed by atoms with Crippen molar-refractivity contribution in [1.82, 2.24) is 14.5 Å². The molecule has 11 heteroatoms. The number of nitrogens with zero attached hydrogens (tertiary/aromatic N) is 3. The van der Waals surface area contributed by atoms with Crippen molar-refractivity contribution in [3.05, 3.63) is 46.7 Å². The van der Waals surface area contributed by atoms with Gasteiger partial charge in [0.05, 0.1) is 59.4 Å². The monoisotopic (exact) mass is 495 g/mol. The summed E-state index contributed by atoms with van der Waals surface area (Å²) in [7, 11) is -2.33. The van der Waals surface area contributed by atoms with Crippen molar-refractivity contribution >= 4 is 38.6 Å². The third-order valence-corrected chi connectivity index (χ3v) is 6.92. The number of morpholine rings is 1. The smallest absolute Gasteiger partial charge is 0.409 e. The molecule has 2 aromatic carbocycles. The topological polar surface area (TPSA) is 90.7 Å². The van der Waals surface area contributed by atoms with Gasteiger partial charge < -0.3 is 18.9 Å². The van der Waals surface area contributed by atoms with E-state index in [0.717, 1.165) is 23.4 Å². The first-order valence-corrected chi connectivity index (χ1v) is 12.5. The van der Waals surface area contributed by atoms with Crippen LogP contribution in [0.3, 0.4) is 0 Å². The summed E-state index contributed by atoms with van der Waals surface area (Å²) in [6.07, 6.45) is 0.149. The highest BCUT2D eigenvalue weighted by molar-refractivity contribution is 7.90. The Bertz CT molecular complexity index is 1320. The molecule has 0 spiro atoms. The van der Waals surface area contributed by atoms with Crippen molar-refractivity contribution in [2.24, 2.45) is 0 Å². The fourth-order valence-corrected chi connectivity index (χ4v) is 4.93. The maximum Gasteiger partial charge on any atom is 0.409 e. The van der Waals surface area contributed by atoms with E-state index in [1.165, 1.54) is 13.2 Å². The first-order valence-electron chi connectivity index (χ1n) is 10.2. The van der Waals surface area contributed by atoms with Crippen LogP contribution in [0.4, 0.5) is 9.18 Å². The van der Waals surface area contributed by atoms with Gasteiger partial charge in [-0.1, -0.05) is 17.7 Å². The number of rotatable bonds is 4. The minimum absolute atomic E-state index is 0.00134. The van der Waals surface area contributed by atoms with Crippen LogP contribution in [0.5, 0.6) is 0 Å². The Morgan fingerprint density at radius 3 is 2.76 bits per heavy atom. The van der Waals surface area contributed by atoms with Crippen LogP contribution in [0.2, 0.25) is 5.02 Å². The van der Waals surface area contributed by atoms with Crippen LogP contribution in [0, 0.1) is 12.7 Å². The predicted molar refractivity (Wildman–Crippen MR) is 122 cm³/mol. The lowest BCUT2D eigenvalue weighted by molar-refractivity contribution is -0.0310. The zero-order chi connectivity index (χ0) is 23.9. The largest absolute Gasteiger partial charge is 0.453 e. The maximum absolute atomic E-state index is 15.2. The van der Waals surface area contributed by atoms with Crippen LogP contribution < -0.4 is 0 Å². The van der Waals surface area contributed by atoms with Gasteiger partial charge in [-0.2, -0.15) is 0 Å². The standard InChI is InChI=1S/C22H23ClFN3O5S/c1-13-4-5-19-18(8-13)25-21(20-16(23)9-15(10-17(20)24)33(3,29)30)27(19)12-14-11-26(6-7-32-14)22(28)31-2/h4-5,8-10,14H,6-7,11-12H2,1-3H3/t14-/m1/s1. The molecule has 0 unspecified atom stereocenters. The van der Waals surface area contributed by atoms with Crippen LogP contribution >= 0.6 is 11.6 Å². The molecule has 1 aromatic heterocycles. The summed E-state index contributed by atoms with van der Waals surface area (Å²) in [4.78, 5) is 17.9. The molecule has 3 aromatic rings. The first kappa shape index (κ1) is 23.5. The number of hydrogen-bond donors (Lipinski definition) is 0. The van der Waals surface area contributed by atoms with E-state index in [-0.39, 0.29) is 27.9 Å². The van der Waals surface area contributed by atoms with E-state index in [2.05, 4.69) is 4.98 Å². The van der Waals surface area contributed by atoms with E-state index in [0.29, 0.717) is 25.2 Å². The van der Waals surface area contributed by atoms with Crippen molar-refractivity contribution < 1.29 is 27.1 Å². The van der Waals surface area contributed by atoms with Crippen molar-refractivity contribution in [2.75, 3.05) is 33.1 Å². The number of methoxy groups -OCH3 is 1. The van der Waals surface area contributed by atoms with Gasteiger partial charge in [0.25, 0.3) is 0 Å². The second-order valence-electron chi connectivity index (χ2n) is 7.98. The number of imidazole rings is 1. The van der Waals surface area contributed by atoms with Crippen LogP contribution in [-0.2, 0) is 25.9 Å². The Labute approximate surface area is 195 Å². The summed E-state index contributed by atoms with van der Waals surface area (Å²) in [6, 6.07) is 7.83. The van der Waals surface area contributed by atoms with Crippen LogP contribution in [0.1, 0.15) is 5.56 Å². The summed E-state index contributed by atoms with van der Waals surface area (Å²) in [6.45, 7) is 3.23. The molecule has 176 valence electrons. The molecule has 0 saturated carbocycles. The second kappa shape index (κ2) is 8.92. The number of benzene rings is 2. The molecule has 1 saturated heterocycles. The molecule has 2 heterocycles. The molecule has 1 aliphatic rings. The quantitative estimate of drug-likeness (QED) is 0.548. The lowest BCUT2D eigenvalue weighted by atomic mass is 10.2. The van der Waals surface area contributed by atoms with Gasteiger partial charge in [-0.25, -0.2) is 22.6 Å². The number of aryl methyl sites for hydroxylation is 1. The number of hydrogen-bond acceptors (Lipinski definition) is 6. The Balaban J connectivity index is 1.82. The number of fused-ring (bicyclic) bond motifs is 1. The van der Waals surface area contributed by atoms with E-state index < -0.39 is 27.9 Å². The average Bonchev–Trinajstić information content (AvgIpc) is 3.09. The fourth-order valence-electron chi connectivity index (χ4n) is 3.92. The van der Waals surface area contributed by atoms with Crippen molar-refractivity contribution in [2.45, 2.75) is 24.5 Å². The minimum atomic E-state index is -3.65. The molecule has 1 amide bonds. The highest BCUT2D eigenvalue weighted by atomic mass is 35.5. The Hall–Kier alpha value is -2.69. The molecular formula is C22H23ClFN3O5S. The predicted octanol–water partition coefficient (Wildman–Crippen LogP) is 3.67. The Morgan fingerprint density at radius 2 is 2.09 bits per heavy atom. The Kier molecular flexibility index (Phi) is 6.35.